The van der Waals surface area contributed by atoms with E-state index in [1.807, 2.05) is 37.3 Å². The van der Waals surface area contributed by atoms with E-state index in [9.17, 15) is 14.7 Å². The quantitative estimate of drug-likeness (QED) is 0.138. The van der Waals surface area contributed by atoms with E-state index >= 15 is 0 Å². The van der Waals surface area contributed by atoms with E-state index in [2.05, 4.69) is 25.7 Å². The number of unbranched alkanes of at least 4 members (excludes halogenated alkanes) is 1. The van der Waals surface area contributed by atoms with Crippen molar-refractivity contribution in [1.82, 2.24) is 9.80 Å². The van der Waals surface area contributed by atoms with Crippen LogP contribution in [0.15, 0.2) is 54.1 Å². The van der Waals surface area contributed by atoms with Gasteiger partial charge in [0.15, 0.2) is 0 Å². The standard InChI is InChI=1S/C31H42N2O5/c1-5-9-21-38-26-13-10-12-24(22-26)29(34)27-28(23-14-16-25(17-15-23)37-20-6-2)33(31(36)30(27)35)19-11-18-32(7-3)8-4/h10,12-17,22,28,34H,5-9,11,18-21H2,1-4H3/b29-27+. The Morgan fingerprint density at radius 1 is 0.895 bits per heavy atom. The van der Waals surface area contributed by atoms with Crippen molar-refractivity contribution in [3.05, 3.63) is 65.2 Å². The third kappa shape index (κ3) is 7.16. The summed E-state index contributed by atoms with van der Waals surface area (Å²) in [4.78, 5) is 30.5. The number of rotatable bonds is 15. The lowest BCUT2D eigenvalue weighted by atomic mass is 9.95. The van der Waals surface area contributed by atoms with Crippen molar-refractivity contribution in [3.63, 3.8) is 0 Å². The third-order valence-electron chi connectivity index (χ3n) is 6.85. The third-order valence-corrected chi connectivity index (χ3v) is 6.85. The second-order valence-electron chi connectivity index (χ2n) is 9.52. The highest BCUT2D eigenvalue weighted by Crippen LogP contribution is 2.40. The van der Waals surface area contributed by atoms with Gasteiger partial charge in [0.2, 0.25) is 0 Å². The average Bonchev–Trinajstić information content (AvgIpc) is 3.19. The fraction of sp³-hybridized carbons (Fsp3) is 0.484. The highest BCUT2D eigenvalue weighted by molar-refractivity contribution is 6.46. The van der Waals surface area contributed by atoms with Crippen molar-refractivity contribution < 1.29 is 24.2 Å². The lowest BCUT2D eigenvalue weighted by molar-refractivity contribution is -0.140. The summed E-state index contributed by atoms with van der Waals surface area (Å²) in [6.45, 7) is 12.6. The summed E-state index contributed by atoms with van der Waals surface area (Å²) in [5, 5.41) is 11.4. The fourth-order valence-electron chi connectivity index (χ4n) is 4.65. The summed E-state index contributed by atoms with van der Waals surface area (Å²) in [6.07, 6.45) is 3.56. The molecule has 7 heteroatoms. The molecule has 1 fully saturated rings. The maximum atomic E-state index is 13.4. The molecule has 1 N–H and O–H groups in total. The molecule has 1 heterocycles. The van der Waals surface area contributed by atoms with E-state index in [0.717, 1.165) is 56.6 Å². The van der Waals surface area contributed by atoms with Gasteiger partial charge in [-0.2, -0.15) is 0 Å². The molecule has 1 unspecified atom stereocenters. The number of ketones is 1. The highest BCUT2D eigenvalue weighted by Gasteiger charge is 2.45. The van der Waals surface area contributed by atoms with Crippen molar-refractivity contribution in [3.8, 4) is 11.5 Å². The molecule has 0 aliphatic carbocycles. The molecule has 1 saturated heterocycles. The molecule has 2 aromatic carbocycles. The monoisotopic (exact) mass is 522 g/mol. The molecule has 1 amide bonds. The topological polar surface area (TPSA) is 79.3 Å². The molecule has 0 aromatic heterocycles. The van der Waals surface area contributed by atoms with Crippen LogP contribution in [0.4, 0.5) is 0 Å². The Balaban J connectivity index is 1.98. The lowest BCUT2D eigenvalue weighted by Gasteiger charge is -2.27. The first-order chi connectivity index (χ1) is 18.4. The number of nitrogens with zero attached hydrogens (tertiary/aromatic N) is 2. The average molecular weight is 523 g/mol. The molecule has 2 aromatic rings. The van der Waals surface area contributed by atoms with E-state index in [0.29, 0.717) is 31.1 Å². The van der Waals surface area contributed by atoms with E-state index in [1.54, 1.807) is 23.1 Å². The zero-order chi connectivity index (χ0) is 27.5. The zero-order valence-corrected chi connectivity index (χ0v) is 23.2. The molecule has 1 atom stereocenters. The summed E-state index contributed by atoms with van der Waals surface area (Å²) < 4.78 is 11.5. The van der Waals surface area contributed by atoms with Crippen LogP contribution >= 0.6 is 0 Å². The van der Waals surface area contributed by atoms with Gasteiger partial charge in [0.25, 0.3) is 11.7 Å². The van der Waals surface area contributed by atoms with Crippen molar-refractivity contribution in [2.45, 2.75) is 59.4 Å². The van der Waals surface area contributed by atoms with E-state index in [-0.39, 0.29) is 11.3 Å². The highest BCUT2D eigenvalue weighted by atomic mass is 16.5. The minimum absolute atomic E-state index is 0.103. The van der Waals surface area contributed by atoms with E-state index in [4.69, 9.17) is 9.47 Å². The molecule has 0 spiro atoms. The molecule has 3 rings (SSSR count). The van der Waals surface area contributed by atoms with E-state index < -0.39 is 17.7 Å². The number of amides is 1. The van der Waals surface area contributed by atoms with Gasteiger partial charge in [-0.3, -0.25) is 9.59 Å². The second kappa shape index (κ2) is 14.6. The van der Waals surface area contributed by atoms with Crippen LogP contribution in [0.3, 0.4) is 0 Å². The maximum Gasteiger partial charge on any atom is 0.295 e. The molecule has 1 aliphatic heterocycles. The number of carbonyl (C=O) groups is 2. The Morgan fingerprint density at radius 2 is 1.61 bits per heavy atom. The number of carbonyl (C=O) groups excluding carboxylic acids is 2. The fourth-order valence-corrected chi connectivity index (χ4v) is 4.65. The van der Waals surface area contributed by atoms with Gasteiger partial charge in [0.05, 0.1) is 24.8 Å². The van der Waals surface area contributed by atoms with Crippen LogP contribution in [0.25, 0.3) is 5.76 Å². The summed E-state index contributed by atoms with van der Waals surface area (Å²) in [7, 11) is 0. The first kappa shape index (κ1) is 29.2. The summed E-state index contributed by atoms with van der Waals surface area (Å²) in [6, 6.07) is 13.8. The van der Waals surface area contributed by atoms with Crippen molar-refractivity contribution in [2.75, 3.05) is 39.4 Å². The van der Waals surface area contributed by atoms with Crippen LogP contribution < -0.4 is 9.47 Å². The Kier molecular flexibility index (Phi) is 11.2. The van der Waals surface area contributed by atoms with Crippen LogP contribution in [0.5, 0.6) is 11.5 Å². The molecule has 0 bridgehead atoms. The Hall–Kier alpha value is -3.32. The first-order valence-corrected chi connectivity index (χ1v) is 13.9. The number of benzene rings is 2. The summed E-state index contributed by atoms with van der Waals surface area (Å²) >= 11 is 0. The molecule has 0 radical (unpaired) electrons. The van der Waals surface area contributed by atoms with Crippen LogP contribution in [0.1, 0.15) is 70.5 Å². The molecule has 7 nitrogen and oxygen atoms in total. The molecular formula is C31H42N2O5. The summed E-state index contributed by atoms with van der Waals surface area (Å²) in [5.41, 5.74) is 1.31. The Labute approximate surface area is 227 Å². The van der Waals surface area contributed by atoms with Crippen LogP contribution in [0, 0.1) is 0 Å². The maximum absolute atomic E-state index is 13.4. The van der Waals surface area contributed by atoms with Crippen LogP contribution in [-0.4, -0.2) is 66.0 Å². The second-order valence-corrected chi connectivity index (χ2v) is 9.52. The predicted molar refractivity (Wildman–Crippen MR) is 150 cm³/mol. The normalized spacial score (nSPS) is 16.9. The van der Waals surface area contributed by atoms with Gasteiger partial charge in [-0.25, -0.2) is 0 Å². The predicted octanol–water partition coefficient (Wildman–Crippen LogP) is 5.81. The van der Waals surface area contributed by atoms with Gasteiger partial charge in [-0.15, -0.1) is 0 Å². The van der Waals surface area contributed by atoms with Gasteiger partial charge in [-0.05, 0) is 68.7 Å². The molecular weight excluding hydrogens is 480 g/mol. The van der Waals surface area contributed by atoms with Gasteiger partial charge < -0.3 is 24.4 Å². The lowest BCUT2D eigenvalue weighted by Crippen LogP contribution is -2.33. The van der Waals surface area contributed by atoms with Crippen molar-refractivity contribution in [1.29, 1.82) is 0 Å². The van der Waals surface area contributed by atoms with Crippen molar-refractivity contribution >= 4 is 17.4 Å². The SMILES string of the molecule is CCCCOc1cccc(/C(O)=C2\C(=O)C(=O)N(CCCN(CC)CC)C2c2ccc(OCCC)cc2)c1. The molecule has 1 aliphatic rings. The van der Waals surface area contributed by atoms with Crippen LogP contribution in [-0.2, 0) is 9.59 Å². The van der Waals surface area contributed by atoms with Crippen LogP contribution in [0.2, 0.25) is 0 Å². The number of aliphatic hydroxyl groups excluding tert-OH is 1. The number of hydrogen-bond donors (Lipinski definition) is 1. The van der Waals surface area contributed by atoms with Crippen molar-refractivity contribution in [2.24, 2.45) is 0 Å². The van der Waals surface area contributed by atoms with E-state index in [1.165, 1.54) is 0 Å². The first-order valence-electron chi connectivity index (χ1n) is 13.9. The number of likely N-dealkylation sites (tertiary alicyclic amines) is 1. The Morgan fingerprint density at radius 3 is 2.26 bits per heavy atom. The smallest absolute Gasteiger partial charge is 0.295 e. The minimum Gasteiger partial charge on any atom is -0.507 e. The summed E-state index contributed by atoms with van der Waals surface area (Å²) in [5.74, 6) is -0.0977. The minimum atomic E-state index is -0.684. The number of Topliss-reactive ketones (excluding diaryl/α,β-unsaturated/α-hetero) is 1. The van der Waals surface area contributed by atoms with Gasteiger partial charge in [0.1, 0.15) is 17.3 Å². The number of ether oxygens (including phenoxy) is 2. The molecule has 0 saturated carbocycles. The van der Waals surface area contributed by atoms with Gasteiger partial charge in [0, 0.05) is 12.1 Å². The molecule has 206 valence electrons. The largest absolute Gasteiger partial charge is 0.507 e. The zero-order valence-electron chi connectivity index (χ0n) is 23.2. The number of aliphatic hydroxyl groups is 1. The van der Waals surface area contributed by atoms with Gasteiger partial charge in [-0.1, -0.05) is 58.4 Å². The van der Waals surface area contributed by atoms with Gasteiger partial charge >= 0.3 is 0 Å². The number of hydrogen-bond acceptors (Lipinski definition) is 6. The Bertz CT molecular complexity index is 1090. The molecule has 38 heavy (non-hydrogen) atoms.